The molecule has 0 radical (unpaired) electrons. The van der Waals surface area contributed by atoms with Crippen LogP contribution < -0.4 is 5.56 Å². The molecule has 0 unspecified atom stereocenters. The molecule has 0 spiro atoms. The van der Waals surface area contributed by atoms with E-state index in [1.807, 2.05) is 27.4 Å². The van der Waals surface area contributed by atoms with Crippen molar-refractivity contribution in [2.45, 2.75) is 19.4 Å². The first-order chi connectivity index (χ1) is 14.1. The summed E-state index contributed by atoms with van der Waals surface area (Å²) in [6.07, 6.45) is 8.99. The average molecular weight is 385 g/mol. The van der Waals surface area contributed by atoms with Gasteiger partial charge in [0.1, 0.15) is 0 Å². The zero-order chi connectivity index (χ0) is 20.0. The summed E-state index contributed by atoms with van der Waals surface area (Å²) < 4.78 is 3.90. The molecule has 146 valence electrons. The first-order valence-corrected chi connectivity index (χ1v) is 9.91. The van der Waals surface area contributed by atoms with Crippen LogP contribution in [0.25, 0.3) is 28.0 Å². The Bertz CT molecular complexity index is 1250. The minimum atomic E-state index is -0.0212. The maximum Gasteiger partial charge on any atom is 0.294 e. The molecule has 6 nitrogen and oxygen atoms in total. The van der Waals surface area contributed by atoms with E-state index in [2.05, 4.69) is 53.2 Å². The summed E-state index contributed by atoms with van der Waals surface area (Å²) in [6, 6.07) is 10.4. The molecule has 0 bridgehead atoms. The number of rotatable bonds is 5. The number of benzene rings is 1. The van der Waals surface area contributed by atoms with Crippen molar-refractivity contribution in [3.05, 3.63) is 76.7 Å². The Hall–Kier alpha value is -3.25. The summed E-state index contributed by atoms with van der Waals surface area (Å²) in [6.45, 7) is 1.61. The van der Waals surface area contributed by atoms with Crippen LogP contribution in [0.1, 0.15) is 17.7 Å². The van der Waals surface area contributed by atoms with Gasteiger partial charge < -0.3 is 9.47 Å². The van der Waals surface area contributed by atoms with Gasteiger partial charge in [0.2, 0.25) is 5.65 Å². The quantitative estimate of drug-likeness (QED) is 0.467. The molecule has 1 aliphatic rings. The van der Waals surface area contributed by atoms with Crippen molar-refractivity contribution in [3.8, 4) is 22.4 Å². The van der Waals surface area contributed by atoms with Crippen LogP contribution in [-0.4, -0.2) is 44.5 Å². The van der Waals surface area contributed by atoms with Crippen LogP contribution in [0.15, 0.2) is 59.9 Å². The van der Waals surface area contributed by atoms with Crippen LogP contribution in [-0.2, 0) is 13.0 Å². The SMILES string of the molecule is CN(C)CCCn1c2c(n3ccnc3c1=O)Cc1c(-c3cccnc3)cccc1-2. The number of hydrogen-bond acceptors (Lipinski definition) is 4. The van der Waals surface area contributed by atoms with Crippen LogP contribution in [0.4, 0.5) is 0 Å². The van der Waals surface area contributed by atoms with Crippen molar-refractivity contribution in [2.75, 3.05) is 20.6 Å². The van der Waals surface area contributed by atoms with Crippen LogP contribution in [0.5, 0.6) is 0 Å². The molecule has 4 aromatic rings. The Kier molecular flexibility index (Phi) is 4.28. The molecule has 0 fully saturated rings. The zero-order valence-corrected chi connectivity index (χ0v) is 16.7. The number of aromatic nitrogens is 4. The van der Waals surface area contributed by atoms with Crippen LogP contribution in [0, 0.1) is 0 Å². The summed E-state index contributed by atoms with van der Waals surface area (Å²) in [5.74, 6) is 0. The number of fused-ring (bicyclic) bond motifs is 5. The lowest BCUT2D eigenvalue weighted by Gasteiger charge is -2.16. The molecule has 0 N–H and O–H groups in total. The van der Waals surface area contributed by atoms with E-state index in [4.69, 9.17) is 0 Å². The van der Waals surface area contributed by atoms with Gasteiger partial charge in [-0.3, -0.25) is 14.2 Å². The lowest BCUT2D eigenvalue weighted by atomic mass is 9.97. The van der Waals surface area contributed by atoms with Gasteiger partial charge in [-0.2, -0.15) is 0 Å². The molecule has 0 saturated heterocycles. The standard InChI is InChI=1S/C23H23N5O/c1-26(2)11-5-12-28-21-18-8-3-7-17(16-6-4-9-24-15-16)19(18)14-20(21)27-13-10-25-22(27)23(28)29/h3-4,6-10,13,15H,5,11-12,14H2,1-2H3. The summed E-state index contributed by atoms with van der Waals surface area (Å²) in [5.41, 5.74) is 7.30. The Balaban J connectivity index is 1.72. The van der Waals surface area contributed by atoms with Gasteiger partial charge in [-0.1, -0.05) is 24.3 Å². The molecule has 6 heteroatoms. The monoisotopic (exact) mass is 385 g/mol. The third kappa shape index (κ3) is 2.87. The minimum Gasteiger partial charge on any atom is -0.309 e. The molecule has 0 saturated carbocycles. The second-order valence-corrected chi connectivity index (χ2v) is 7.78. The molecule has 3 aromatic heterocycles. The van der Waals surface area contributed by atoms with Gasteiger partial charge in [0, 0.05) is 48.9 Å². The Labute approximate surface area is 169 Å². The van der Waals surface area contributed by atoms with E-state index in [1.165, 1.54) is 11.1 Å². The van der Waals surface area contributed by atoms with Crippen molar-refractivity contribution in [1.82, 2.24) is 23.8 Å². The highest BCUT2D eigenvalue weighted by Crippen LogP contribution is 2.41. The Morgan fingerprint density at radius 1 is 1.10 bits per heavy atom. The fraction of sp³-hybridized carbons (Fsp3) is 0.261. The van der Waals surface area contributed by atoms with Gasteiger partial charge in [0.25, 0.3) is 5.56 Å². The number of nitrogens with zero attached hydrogens (tertiary/aromatic N) is 5. The third-order valence-corrected chi connectivity index (χ3v) is 5.65. The first-order valence-electron chi connectivity index (χ1n) is 9.91. The summed E-state index contributed by atoms with van der Waals surface area (Å²) >= 11 is 0. The minimum absolute atomic E-state index is 0.0212. The largest absolute Gasteiger partial charge is 0.309 e. The van der Waals surface area contributed by atoms with Crippen LogP contribution in [0.3, 0.4) is 0 Å². The summed E-state index contributed by atoms with van der Waals surface area (Å²) in [4.78, 5) is 24.0. The van der Waals surface area contributed by atoms with E-state index in [-0.39, 0.29) is 5.56 Å². The van der Waals surface area contributed by atoms with Gasteiger partial charge >= 0.3 is 0 Å². The fourth-order valence-electron chi connectivity index (χ4n) is 4.36. The highest BCUT2D eigenvalue weighted by Gasteiger charge is 2.28. The third-order valence-electron chi connectivity index (χ3n) is 5.65. The predicted molar refractivity (Wildman–Crippen MR) is 114 cm³/mol. The lowest BCUT2D eigenvalue weighted by Crippen LogP contribution is -2.27. The molecule has 0 aliphatic heterocycles. The van der Waals surface area contributed by atoms with Gasteiger partial charge in [-0.25, -0.2) is 4.98 Å². The maximum atomic E-state index is 13.2. The molecular formula is C23H23N5O. The van der Waals surface area contributed by atoms with E-state index >= 15 is 0 Å². The van der Waals surface area contributed by atoms with Gasteiger partial charge in [-0.15, -0.1) is 0 Å². The number of imidazole rings is 1. The zero-order valence-electron chi connectivity index (χ0n) is 16.7. The fourth-order valence-corrected chi connectivity index (χ4v) is 4.36. The van der Waals surface area contributed by atoms with Gasteiger partial charge in [0.15, 0.2) is 0 Å². The van der Waals surface area contributed by atoms with E-state index in [9.17, 15) is 4.79 Å². The molecule has 3 heterocycles. The maximum absolute atomic E-state index is 13.2. The number of pyridine rings is 1. The molecule has 1 aromatic carbocycles. The van der Waals surface area contributed by atoms with Gasteiger partial charge in [-0.05, 0) is 44.3 Å². The topological polar surface area (TPSA) is 55.4 Å². The smallest absolute Gasteiger partial charge is 0.294 e. The second-order valence-electron chi connectivity index (χ2n) is 7.78. The predicted octanol–water partition coefficient (Wildman–Crippen LogP) is 3.08. The molecular weight excluding hydrogens is 362 g/mol. The van der Waals surface area contributed by atoms with E-state index in [1.54, 1.807) is 12.4 Å². The average Bonchev–Trinajstić information content (AvgIpc) is 3.36. The molecule has 0 atom stereocenters. The molecule has 5 rings (SSSR count). The van der Waals surface area contributed by atoms with E-state index in [0.717, 1.165) is 41.9 Å². The summed E-state index contributed by atoms with van der Waals surface area (Å²) in [5, 5.41) is 0. The highest BCUT2D eigenvalue weighted by atomic mass is 16.1. The van der Waals surface area contributed by atoms with Crippen molar-refractivity contribution in [2.24, 2.45) is 0 Å². The van der Waals surface area contributed by atoms with Crippen molar-refractivity contribution in [3.63, 3.8) is 0 Å². The van der Waals surface area contributed by atoms with Crippen LogP contribution in [0.2, 0.25) is 0 Å². The molecule has 0 amide bonds. The van der Waals surface area contributed by atoms with Gasteiger partial charge in [0.05, 0.1) is 11.4 Å². The summed E-state index contributed by atoms with van der Waals surface area (Å²) in [7, 11) is 4.11. The van der Waals surface area contributed by atoms with Crippen molar-refractivity contribution >= 4 is 5.65 Å². The lowest BCUT2D eigenvalue weighted by molar-refractivity contribution is 0.385. The molecule has 1 aliphatic carbocycles. The number of hydrogen-bond donors (Lipinski definition) is 0. The highest BCUT2D eigenvalue weighted by molar-refractivity contribution is 5.83. The molecule has 29 heavy (non-hydrogen) atoms. The normalized spacial score (nSPS) is 12.5. The van der Waals surface area contributed by atoms with E-state index < -0.39 is 0 Å². The van der Waals surface area contributed by atoms with Crippen LogP contribution >= 0.6 is 0 Å². The van der Waals surface area contributed by atoms with Crippen molar-refractivity contribution < 1.29 is 0 Å². The first kappa shape index (κ1) is 17.8. The van der Waals surface area contributed by atoms with Crippen molar-refractivity contribution in [1.29, 1.82) is 0 Å². The Morgan fingerprint density at radius 3 is 2.76 bits per heavy atom. The Morgan fingerprint density at radius 2 is 1.97 bits per heavy atom. The second kappa shape index (κ2) is 6.97. The van der Waals surface area contributed by atoms with E-state index in [0.29, 0.717) is 12.2 Å².